The topological polar surface area (TPSA) is 40.5 Å². The number of aromatic hydroxyl groups is 1. The highest BCUT2D eigenvalue weighted by Gasteiger charge is 2.24. The smallest absolute Gasteiger partial charge is 0.257 e. The van der Waals surface area contributed by atoms with E-state index < -0.39 is 0 Å². The van der Waals surface area contributed by atoms with Gasteiger partial charge in [0.25, 0.3) is 5.91 Å². The summed E-state index contributed by atoms with van der Waals surface area (Å²) in [6.45, 7) is 1.48. The number of carbonyl (C=O) groups is 1. The van der Waals surface area contributed by atoms with Crippen LogP contribution in [0.15, 0.2) is 18.2 Å². The Morgan fingerprint density at radius 1 is 1.53 bits per heavy atom. The summed E-state index contributed by atoms with van der Waals surface area (Å²) in [6.07, 6.45) is 2.11. The fourth-order valence-electron chi connectivity index (χ4n) is 1.96. The Balaban J connectivity index is 2.21. The third-order valence-corrected chi connectivity index (χ3v) is 4.26. The van der Waals surface area contributed by atoms with Crippen molar-refractivity contribution < 1.29 is 9.90 Å². The van der Waals surface area contributed by atoms with Crippen LogP contribution < -0.4 is 0 Å². The van der Waals surface area contributed by atoms with Crippen molar-refractivity contribution in [3.8, 4) is 5.75 Å². The molecule has 17 heavy (non-hydrogen) atoms. The van der Waals surface area contributed by atoms with E-state index in [9.17, 15) is 9.90 Å². The van der Waals surface area contributed by atoms with Crippen LogP contribution in [-0.2, 0) is 0 Å². The molecule has 1 amide bonds. The van der Waals surface area contributed by atoms with E-state index >= 15 is 0 Å². The fraction of sp³-hybridized carbons (Fsp3) is 0.417. The first-order chi connectivity index (χ1) is 8.08. The third-order valence-electron chi connectivity index (χ3n) is 2.84. The zero-order valence-corrected chi connectivity index (χ0v) is 12.9. The molecular weight excluding hydrogens is 397 g/mol. The summed E-state index contributed by atoms with van der Waals surface area (Å²) in [5.41, 5.74) is 0.401. The number of benzene rings is 1. The number of phenolic OH excluding ortho intramolecular Hbond substituents is 1. The van der Waals surface area contributed by atoms with Gasteiger partial charge in [-0.05, 0) is 53.6 Å². The molecule has 2 rings (SSSR count). The quantitative estimate of drug-likeness (QED) is 0.572. The summed E-state index contributed by atoms with van der Waals surface area (Å²) in [6, 6.07) is 5.09. The van der Waals surface area contributed by atoms with E-state index in [1.54, 1.807) is 23.1 Å². The number of phenols is 1. The van der Waals surface area contributed by atoms with Crippen molar-refractivity contribution in [2.45, 2.75) is 17.7 Å². The van der Waals surface area contributed by atoms with Crippen molar-refractivity contribution in [2.24, 2.45) is 0 Å². The Hall–Kier alpha value is -0.300. The van der Waals surface area contributed by atoms with Crippen molar-refractivity contribution in [3.63, 3.8) is 0 Å². The standard InChI is InChI=1S/C12H13BrINO2/c13-8-2-1-5-15(7-8)12(17)10-6-9(14)3-4-11(10)16/h3-4,6,8,16H,1-2,5,7H2. The van der Waals surface area contributed by atoms with E-state index in [1.807, 2.05) is 0 Å². The summed E-state index contributed by atoms with van der Waals surface area (Å²) in [4.78, 5) is 14.4. The van der Waals surface area contributed by atoms with Crippen LogP contribution in [0.25, 0.3) is 0 Å². The molecule has 1 aliphatic rings. The van der Waals surface area contributed by atoms with Gasteiger partial charge in [0.05, 0.1) is 5.56 Å². The summed E-state index contributed by atoms with van der Waals surface area (Å²) < 4.78 is 0.955. The Bertz CT molecular complexity index is 439. The second kappa shape index (κ2) is 5.56. The first kappa shape index (κ1) is 13.1. The van der Waals surface area contributed by atoms with Crippen LogP contribution in [0.3, 0.4) is 0 Å². The highest BCUT2D eigenvalue weighted by atomic mass is 127. The van der Waals surface area contributed by atoms with E-state index in [-0.39, 0.29) is 11.7 Å². The highest BCUT2D eigenvalue weighted by molar-refractivity contribution is 14.1. The zero-order chi connectivity index (χ0) is 12.4. The molecule has 0 spiro atoms. The average molecular weight is 410 g/mol. The molecule has 5 heteroatoms. The van der Waals surface area contributed by atoms with Gasteiger partial charge >= 0.3 is 0 Å². The molecule has 1 fully saturated rings. The van der Waals surface area contributed by atoms with Gasteiger partial charge < -0.3 is 10.0 Å². The molecule has 1 heterocycles. The molecule has 0 radical (unpaired) electrons. The van der Waals surface area contributed by atoms with Crippen molar-refractivity contribution in [2.75, 3.05) is 13.1 Å². The summed E-state index contributed by atoms with van der Waals surface area (Å²) in [5, 5.41) is 9.74. The normalized spacial score (nSPS) is 20.4. The second-order valence-corrected chi connectivity index (χ2v) is 6.69. The van der Waals surface area contributed by atoms with Crippen LogP contribution in [-0.4, -0.2) is 33.8 Å². The van der Waals surface area contributed by atoms with E-state index in [0.29, 0.717) is 16.9 Å². The van der Waals surface area contributed by atoms with Crippen molar-refractivity contribution in [1.29, 1.82) is 0 Å². The van der Waals surface area contributed by atoms with E-state index in [1.165, 1.54) is 0 Å². The molecule has 0 aliphatic carbocycles. The lowest BCUT2D eigenvalue weighted by molar-refractivity contribution is 0.0727. The molecule has 1 aromatic rings. The van der Waals surface area contributed by atoms with Crippen LogP contribution in [0.1, 0.15) is 23.2 Å². The molecule has 0 bridgehead atoms. The first-order valence-electron chi connectivity index (χ1n) is 5.50. The van der Waals surface area contributed by atoms with Crippen molar-refractivity contribution >= 4 is 44.4 Å². The Morgan fingerprint density at radius 2 is 2.29 bits per heavy atom. The zero-order valence-electron chi connectivity index (χ0n) is 9.20. The highest BCUT2D eigenvalue weighted by Crippen LogP contribution is 2.24. The minimum absolute atomic E-state index is 0.0621. The number of nitrogens with zero attached hydrogens (tertiary/aromatic N) is 1. The lowest BCUT2D eigenvalue weighted by Crippen LogP contribution is -2.40. The van der Waals surface area contributed by atoms with Gasteiger partial charge in [0.15, 0.2) is 0 Å². The number of piperidine rings is 1. The summed E-state index contributed by atoms with van der Waals surface area (Å²) >= 11 is 5.68. The van der Waals surface area contributed by atoms with E-state index in [0.717, 1.165) is 23.0 Å². The monoisotopic (exact) mass is 409 g/mol. The lowest BCUT2D eigenvalue weighted by atomic mass is 10.1. The van der Waals surface area contributed by atoms with Crippen LogP contribution >= 0.6 is 38.5 Å². The number of amides is 1. The number of hydrogen-bond donors (Lipinski definition) is 1. The van der Waals surface area contributed by atoms with Gasteiger partial charge in [0.2, 0.25) is 0 Å². The summed E-state index contributed by atoms with van der Waals surface area (Å²) in [7, 11) is 0. The number of likely N-dealkylation sites (tertiary alicyclic amines) is 1. The Kier molecular flexibility index (Phi) is 4.30. The molecule has 1 unspecified atom stereocenters. The molecule has 1 aromatic carbocycles. The molecule has 3 nitrogen and oxygen atoms in total. The molecule has 0 saturated carbocycles. The molecule has 0 aromatic heterocycles. The van der Waals surface area contributed by atoms with Crippen LogP contribution in [0.4, 0.5) is 0 Å². The van der Waals surface area contributed by atoms with Gasteiger partial charge in [-0.2, -0.15) is 0 Å². The van der Waals surface area contributed by atoms with Gasteiger partial charge in [-0.1, -0.05) is 15.9 Å². The molecule has 92 valence electrons. The van der Waals surface area contributed by atoms with Crippen LogP contribution in [0.5, 0.6) is 5.75 Å². The number of hydrogen-bond acceptors (Lipinski definition) is 2. The first-order valence-corrected chi connectivity index (χ1v) is 7.49. The maximum atomic E-state index is 12.3. The number of alkyl halides is 1. The van der Waals surface area contributed by atoms with Gasteiger partial charge in [-0.3, -0.25) is 4.79 Å². The molecular formula is C12H13BrINO2. The maximum Gasteiger partial charge on any atom is 0.257 e. The largest absolute Gasteiger partial charge is 0.507 e. The predicted octanol–water partition coefficient (Wildman–Crippen LogP) is 3.00. The molecule has 1 atom stereocenters. The third kappa shape index (κ3) is 3.13. The van der Waals surface area contributed by atoms with E-state index in [2.05, 4.69) is 38.5 Å². The van der Waals surface area contributed by atoms with Gasteiger partial charge in [0.1, 0.15) is 5.75 Å². The van der Waals surface area contributed by atoms with Crippen LogP contribution in [0, 0.1) is 3.57 Å². The minimum atomic E-state index is -0.0785. The van der Waals surface area contributed by atoms with Gasteiger partial charge in [-0.25, -0.2) is 0 Å². The van der Waals surface area contributed by atoms with Crippen molar-refractivity contribution in [3.05, 3.63) is 27.3 Å². The number of halogens is 2. The number of rotatable bonds is 1. The van der Waals surface area contributed by atoms with Gasteiger partial charge in [-0.15, -0.1) is 0 Å². The maximum absolute atomic E-state index is 12.3. The van der Waals surface area contributed by atoms with Crippen LogP contribution in [0.2, 0.25) is 0 Å². The molecule has 1 N–H and O–H groups in total. The van der Waals surface area contributed by atoms with E-state index in [4.69, 9.17) is 0 Å². The number of carbonyl (C=O) groups excluding carboxylic acids is 1. The second-order valence-electron chi connectivity index (χ2n) is 4.15. The predicted molar refractivity (Wildman–Crippen MR) is 78.7 cm³/mol. The Labute approximate surface area is 122 Å². The molecule has 1 aliphatic heterocycles. The molecule has 1 saturated heterocycles. The average Bonchev–Trinajstić information content (AvgIpc) is 2.31. The van der Waals surface area contributed by atoms with Crippen molar-refractivity contribution in [1.82, 2.24) is 4.90 Å². The van der Waals surface area contributed by atoms with Gasteiger partial charge in [0, 0.05) is 21.5 Å². The summed E-state index contributed by atoms with van der Waals surface area (Å²) in [5.74, 6) is -0.0164. The lowest BCUT2D eigenvalue weighted by Gasteiger charge is -2.30. The SMILES string of the molecule is O=C(c1cc(I)ccc1O)N1CCCC(Br)C1. The Morgan fingerprint density at radius 3 is 3.00 bits per heavy atom. The fourth-order valence-corrected chi connectivity index (χ4v) is 3.12. The minimum Gasteiger partial charge on any atom is -0.507 e.